The molecule has 1 heterocycles. The lowest BCUT2D eigenvalue weighted by Crippen LogP contribution is -2.36. The highest BCUT2D eigenvalue weighted by atomic mass is 16.5. The minimum absolute atomic E-state index is 0.278. The van der Waals surface area contributed by atoms with E-state index in [1.165, 1.54) is 0 Å². The topological polar surface area (TPSA) is 60.2 Å². The van der Waals surface area contributed by atoms with Gasteiger partial charge in [0.05, 0.1) is 6.10 Å². The van der Waals surface area contributed by atoms with Crippen LogP contribution in [0.2, 0.25) is 0 Å². The van der Waals surface area contributed by atoms with Crippen LogP contribution in [0, 0.1) is 5.92 Å². The van der Waals surface area contributed by atoms with Crippen molar-refractivity contribution < 1.29 is 9.26 Å². The molecule has 96 valence electrons. The number of nitrogens with zero attached hydrogens (tertiary/aromatic N) is 2. The maximum absolute atomic E-state index is 5.72. The van der Waals surface area contributed by atoms with Crippen molar-refractivity contribution in [1.82, 2.24) is 15.5 Å². The van der Waals surface area contributed by atoms with Crippen molar-refractivity contribution in [3.63, 3.8) is 0 Å². The Balaban J connectivity index is 1.68. The lowest BCUT2D eigenvalue weighted by atomic mass is 9.82. The summed E-state index contributed by atoms with van der Waals surface area (Å²) in [7, 11) is 1.99. The first-order valence-corrected chi connectivity index (χ1v) is 6.27. The molecule has 0 atom stereocenters. The number of rotatable bonds is 6. The molecule has 0 radical (unpaired) electrons. The third-order valence-corrected chi connectivity index (χ3v) is 3.11. The first-order chi connectivity index (χ1) is 8.19. The predicted molar refractivity (Wildman–Crippen MR) is 63.6 cm³/mol. The molecular weight excluding hydrogens is 218 g/mol. The highest BCUT2D eigenvalue weighted by Gasteiger charge is 2.29. The summed E-state index contributed by atoms with van der Waals surface area (Å²) in [5.74, 6) is 2.39. The monoisotopic (exact) mass is 239 g/mol. The van der Waals surface area contributed by atoms with E-state index in [4.69, 9.17) is 9.26 Å². The fourth-order valence-corrected chi connectivity index (χ4v) is 2.02. The van der Waals surface area contributed by atoms with Gasteiger partial charge in [-0.3, -0.25) is 0 Å². The fraction of sp³-hybridized carbons (Fsp3) is 0.833. The van der Waals surface area contributed by atoms with Gasteiger partial charge in [-0.1, -0.05) is 19.0 Å². The molecule has 0 aliphatic heterocycles. The quantitative estimate of drug-likeness (QED) is 0.819. The fourth-order valence-electron chi connectivity index (χ4n) is 2.02. The standard InChI is InChI=1S/C12H21N3O2/c1-8(2)12-14-11(15-17-12)7-16-10-4-9(5-10)6-13-3/h8-10,13H,4-7H2,1-3H3. The second-order valence-electron chi connectivity index (χ2n) is 5.03. The molecule has 17 heavy (non-hydrogen) atoms. The first kappa shape index (κ1) is 12.5. The van der Waals surface area contributed by atoms with Crippen molar-refractivity contribution in [2.45, 2.75) is 45.3 Å². The van der Waals surface area contributed by atoms with Gasteiger partial charge in [-0.05, 0) is 32.4 Å². The van der Waals surface area contributed by atoms with Gasteiger partial charge in [0, 0.05) is 5.92 Å². The van der Waals surface area contributed by atoms with E-state index in [-0.39, 0.29) is 5.92 Å². The summed E-state index contributed by atoms with van der Waals surface area (Å²) in [5.41, 5.74) is 0. The van der Waals surface area contributed by atoms with Crippen LogP contribution in [0.15, 0.2) is 4.52 Å². The minimum Gasteiger partial charge on any atom is -0.370 e. The third-order valence-electron chi connectivity index (χ3n) is 3.11. The molecule has 1 fully saturated rings. The lowest BCUT2D eigenvalue weighted by Gasteiger charge is -2.34. The Labute approximate surface area is 102 Å². The van der Waals surface area contributed by atoms with E-state index < -0.39 is 0 Å². The highest BCUT2D eigenvalue weighted by Crippen LogP contribution is 2.29. The van der Waals surface area contributed by atoms with Crippen LogP contribution in [-0.4, -0.2) is 29.8 Å². The zero-order valence-electron chi connectivity index (χ0n) is 10.8. The summed E-state index contributed by atoms with van der Waals surface area (Å²) >= 11 is 0. The molecule has 1 aliphatic carbocycles. The second-order valence-corrected chi connectivity index (χ2v) is 5.03. The summed E-state index contributed by atoms with van der Waals surface area (Å²) in [6.45, 7) is 5.62. The van der Waals surface area contributed by atoms with Crippen LogP contribution < -0.4 is 5.32 Å². The van der Waals surface area contributed by atoms with Crippen molar-refractivity contribution in [2.75, 3.05) is 13.6 Å². The average molecular weight is 239 g/mol. The normalized spacial score (nSPS) is 24.0. The highest BCUT2D eigenvalue weighted by molar-refractivity contribution is 4.90. The lowest BCUT2D eigenvalue weighted by molar-refractivity contribution is -0.0419. The number of hydrogen-bond donors (Lipinski definition) is 1. The first-order valence-electron chi connectivity index (χ1n) is 6.27. The van der Waals surface area contributed by atoms with E-state index in [0.717, 1.165) is 25.3 Å². The largest absolute Gasteiger partial charge is 0.370 e. The Morgan fingerprint density at radius 2 is 2.24 bits per heavy atom. The molecule has 1 aromatic rings. The van der Waals surface area contributed by atoms with Gasteiger partial charge in [-0.2, -0.15) is 4.98 Å². The molecule has 1 N–H and O–H groups in total. The summed E-state index contributed by atoms with van der Waals surface area (Å²) in [6, 6.07) is 0. The molecule has 1 aliphatic rings. The molecule has 1 aromatic heterocycles. The van der Waals surface area contributed by atoms with Crippen LogP contribution >= 0.6 is 0 Å². The molecular formula is C12H21N3O2. The number of hydrogen-bond acceptors (Lipinski definition) is 5. The van der Waals surface area contributed by atoms with Gasteiger partial charge in [0.25, 0.3) is 0 Å². The van der Waals surface area contributed by atoms with Gasteiger partial charge >= 0.3 is 0 Å². The van der Waals surface area contributed by atoms with E-state index in [1.807, 2.05) is 20.9 Å². The zero-order chi connectivity index (χ0) is 12.3. The second kappa shape index (κ2) is 5.60. The van der Waals surface area contributed by atoms with Crippen LogP contribution in [0.5, 0.6) is 0 Å². The number of ether oxygens (including phenoxy) is 1. The Morgan fingerprint density at radius 3 is 2.82 bits per heavy atom. The summed E-state index contributed by atoms with van der Waals surface area (Å²) in [5, 5.41) is 7.08. The van der Waals surface area contributed by atoms with Crippen molar-refractivity contribution in [2.24, 2.45) is 5.92 Å². The summed E-state index contributed by atoms with van der Waals surface area (Å²) in [6.07, 6.45) is 2.64. The maximum Gasteiger partial charge on any atom is 0.229 e. The van der Waals surface area contributed by atoms with Gasteiger partial charge in [0.15, 0.2) is 5.82 Å². The van der Waals surface area contributed by atoms with Gasteiger partial charge in [-0.15, -0.1) is 0 Å². The van der Waals surface area contributed by atoms with Crippen molar-refractivity contribution in [3.05, 3.63) is 11.7 Å². The predicted octanol–water partition coefficient (Wildman–Crippen LogP) is 1.71. The molecule has 5 nitrogen and oxygen atoms in total. The third kappa shape index (κ3) is 3.26. The van der Waals surface area contributed by atoms with Gasteiger partial charge < -0.3 is 14.6 Å². The molecule has 0 bridgehead atoms. The Bertz CT molecular complexity index is 345. The molecule has 0 amide bonds. The molecule has 5 heteroatoms. The summed E-state index contributed by atoms with van der Waals surface area (Å²) < 4.78 is 10.8. The number of aromatic nitrogens is 2. The van der Waals surface area contributed by atoms with Gasteiger partial charge in [0.1, 0.15) is 6.61 Å². The smallest absolute Gasteiger partial charge is 0.229 e. The molecule has 1 saturated carbocycles. The van der Waals surface area contributed by atoms with Gasteiger partial charge in [-0.25, -0.2) is 0 Å². The Morgan fingerprint density at radius 1 is 1.47 bits per heavy atom. The van der Waals surface area contributed by atoms with E-state index in [2.05, 4.69) is 15.5 Å². The SMILES string of the molecule is CNCC1CC(OCc2noc(C(C)C)n2)C1. The molecule has 0 aromatic carbocycles. The summed E-state index contributed by atoms with van der Waals surface area (Å²) in [4.78, 5) is 4.28. The maximum atomic E-state index is 5.72. The minimum atomic E-state index is 0.278. The molecule has 0 spiro atoms. The van der Waals surface area contributed by atoms with Crippen LogP contribution in [-0.2, 0) is 11.3 Å². The van der Waals surface area contributed by atoms with Crippen molar-refractivity contribution in [1.29, 1.82) is 0 Å². The van der Waals surface area contributed by atoms with Gasteiger partial charge in [0.2, 0.25) is 5.89 Å². The molecule has 0 unspecified atom stereocenters. The van der Waals surface area contributed by atoms with Crippen LogP contribution in [0.3, 0.4) is 0 Å². The average Bonchev–Trinajstić information content (AvgIpc) is 2.70. The molecule has 0 saturated heterocycles. The van der Waals surface area contributed by atoms with E-state index in [9.17, 15) is 0 Å². The number of nitrogens with one attached hydrogen (secondary N) is 1. The van der Waals surface area contributed by atoms with Crippen LogP contribution in [0.25, 0.3) is 0 Å². The van der Waals surface area contributed by atoms with Crippen LogP contribution in [0.4, 0.5) is 0 Å². The van der Waals surface area contributed by atoms with Crippen molar-refractivity contribution >= 4 is 0 Å². The zero-order valence-corrected chi connectivity index (χ0v) is 10.8. The van der Waals surface area contributed by atoms with Crippen molar-refractivity contribution in [3.8, 4) is 0 Å². The van der Waals surface area contributed by atoms with E-state index >= 15 is 0 Å². The van der Waals surface area contributed by atoms with Crippen LogP contribution in [0.1, 0.15) is 44.3 Å². The van der Waals surface area contributed by atoms with E-state index in [1.54, 1.807) is 0 Å². The Kier molecular flexibility index (Phi) is 4.12. The van der Waals surface area contributed by atoms with E-state index in [0.29, 0.717) is 24.4 Å². The molecule has 2 rings (SSSR count). The Hall–Kier alpha value is -0.940.